The third-order valence-electron chi connectivity index (χ3n) is 4.64. The first-order valence-electron chi connectivity index (χ1n) is 9.38. The van der Waals surface area contributed by atoms with Crippen molar-refractivity contribution in [2.45, 2.75) is 43.8 Å². The van der Waals surface area contributed by atoms with Crippen molar-refractivity contribution in [3.63, 3.8) is 0 Å². The van der Waals surface area contributed by atoms with Crippen LogP contribution in [0.1, 0.15) is 39.9 Å². The van der Waals surface area contributed by atoms with Gasteiger partial charge in [0.25, 0.3) is 5.91 Å². The van der Waals surface area contributed by atoms with Gasteiger partial charge in [-0.2, -0.15) is 0 Å². The van der Waals surface area contributed by atoms with E-state index in [-0.39, 0.29) is 16.8 Å². The first kappa shape index (κ1) is 20.5. The maximum atomic E-state index is 12.6. The van der Waals surface area contributed by atoms with Crippen LogP contribution < -0.4 is 10.0 Å². The van der Waals surface area contributed by atoms with Crippen molar-refractivity contribution in [1.29, 1.82) is 0 Å². The Morgan fingerprint density at radius 2 is 1.71 bits per heavy atom. The van der Waals surface area contributed by atoms with Crippen LogP contribution in [-0.4, -0.2) is 39.4 Å². The molecule has 0 heterocycles. The normalized spacial score (nSPS) is 14.3. The molecule has 0 saturated heterocycles. The van der Waals surface area contributed by atoms with Crippen LogP contribution in [0.25, 0.3) is 0 Å². The fourth-order valence-electron chi connectivity index (χ4n) is 2.91. The Hall–Kier alpha value is -2.22. The smallest absolute Gasteiger partial charge is 0.251 e. The summed E-state index contributed by atoms with van der Waals surface area (Å²) >= 11 is 0. The molecular weight excluding hydrogens is 374 g/mol. The summed E-state index contributed by atoms with van der Waals surface area (Å²) in [4.78, 5) is 14.9. The van der Waals surface area contributed by atoms with Crippen LogP contribution in [0, 0.1) is 6.92 Å². The van der Waals surface area contributed by atoms with Crippen molar-refractivity contribution < 1.29 is 13.2 Å². The minimum atomic E-state index is -3.59. The second kappa shape index (κ2) is 8.43. The van der Waals surface area contributed by atoms with E-state index in [0.717, 1.165) is 30.5 Å². The standard InChI is InChI=1S/C21H27N3O3S/c1-15-4-11-19(28(26,27)23-18-9-10-18)12-20(15)21(25)22-13-16-5-7-17(8-6-16)14-24(2)3/h4-8,11-12,18,23H,9-10,13-14H2,1-3H3,(H,22,25). The number of amides is 1. The van der Waals surface area contributed by atoms with E-state index in [2.05, 4.69) is 14.9 Å². The highest BCUT2D eigenvalue weighted by Crippen LogP contribution is 2.23. The van der Waals surface area contributed by atoms with Gasteiger partial charge in [-0.05, 0) is 62.7 Å². The van der Waals surface area contributed by atoms with Crippen molar-refractivity contribution >= 4 is 15.9 Å². The van der Waals surface area contributed by atoms with Gasteiger partial charge in [0.2, 0.25) is 10.0 Å². The molecule has 2 aromatic rings. The third kappa shape index (κ3) is 5.41. The average Bonchev–Trinajstić information content (AvgIpc) is 3.44. The summed E-state index contributed by atoms with van der Waals surface area (Å²) in [5, 5.41) is 2.88. The number of nitrogens with zero attached hydrogens (tertiary/aromatic N) is 1. The summed E-state index contributed by atoms with van der Waals surface area (Å²) in [7, 11) is 0.452. The van der Waals surface area contributed by atoms with Crippen LogP contribution in [0.4, 0.5) is 0 Å². The summed E-state index contributed by atoms with van der Waals surface area (Å²) in [6, 6.07) is 12.8. The maximum Gasteiger partial charge on any atom is 0.251 e. The van der Waals surface area contributed by atoms with Crippen LogP contribution in [0.2, 0.25) is 0 Å². The minimum absolute atomic E-state index is 0.0269. The van der Waals surface area contributed by atoms with Gasteiger partial charge in [0, 0.05) is 24.7 Å². The predicted molar refractivity (Wildman–Crippen MR) is 110 cm³/mol. The number of sulfonamides is 1. The Kier molecular flexibility index (Phi) is 6.17. The van der Waals surface area contributed by atoms with Gasteiger partial charge in [0.1, 0.15) is 0 Å². The topological polar surface area (TPSA) is 78.5 Å². The molecule has 2 aromatic carbocycles. The average molecular weight is 402 g/mol. The van der Waals surface area contributed by atoms with E-state index in [9.17, 15) is 13.2 Å². The Morgan fingerprint density at radius 3 is 2.32 bits per heavy atom. The first-order valence-corrected chi connectivity index (χ1v) is 10.9. The molecule has 7 heteroatoms. The second-order valence-corrected chi connectivity index (χ2v) is 9.32. The highest BCUT2D eigenvalue weighted by Gasteiger charge is 2.28. The third-order valence-corrected chi connectivity index (χ3v) is 6.16. The zero-order valence-corrected chi connectivity index (χ0v) is 17.3. The molecule has 28 heavy (non-hydrogen) atoms. The van der Waals surface area contributed by atoms with Crippen molar-refractivity contribution in [3.05, 3.63) is 64.7 Å². The number of hydrogen-bond donors (Lipinski definition) is 2. The monoisotopic (exact) mass is 401 g/mol. The van der Waals surface area contributed by atoms with Crippen LogP contribution >= 0.6 is 0 Å². The molecule has 0 bridgehead atoms. The van der Waals surface area contributed by atoms with E-state index in [1.165, 1.54) is 11.6 Å². The molecule has 1 saturated carbocycles. The molecule has 6 nitrogen and oxygen atoms in total. The largest absolute Gasteiger partial charge is 0.348 e. The maximum absolute atomic E-state index is 12.6. The summed E-state index contributed by atoms with van der Waals surface area (Å²) in [5.74, 6) is -0.279. The molecule has 2 N–H and O–H groups in total. The second-order valence-electron chi connectivity index (χ2n) is 7.61. The molecule has 0 atom stereocenters. The Balaban J connectivity index is 1.67. The molecule has 1 fully saturated rings. The zero-order valence-electron chi connectivity index (χ0n) is 16.5. The van der Waals surface area contributed by atoms with Crippen molar-refractivity contribution in [2.75, 3.05) is 14.1 Å². The summed E-state index contributed by atoms with van der Waals surface area (Å²) in [5.41, 5.74) is 3.32. The van der Waals surface area contributed by atoms with Crippen molar-refractivity contribution in [3.8, 4) is 0 Å². The Labute approximate surface area is 167 Å². The fourth-order valence-corrected chi connectivity index (χ4v) is 4.24. The predicted octanol–water partition coefficient (Wildman–Crippen LogP) is 2.43. The quantitative estimate of drug-likeness (QED) is 0.712. The van der Waals surface area contributed by atoms with Gasteiger partial charge in [-0.25, -0.2) is 13.1 Å². The number of hydrogen-bond acceptors (Lipinski definition) is 4. The zero-order chi connectivity index (χ0) is 20.3. The molecular formula is C21H27N3O3S. The molecule has 0 aromatic heterocycles. The highest BCUT2D eigenvalue weighted by atomic mass is 32.2. The number of carbonyl (C=O) groups excluding carboxylic acids is 1. The number of carbonyl (C=O) groups is 1. The molecule has 0 spiro atoms. The molecule has 0 unspecified atom stereocenters. The SMILES string of the molecule is Cc1ccc(S(=O)(=O)NC2CC2)cc1C(=O)NCc1ccc(CN(C)C)cc1. The van der Waals surface area contributed by atoms with Gasteiger partial charge in [0.15, 0.2) is 0 Å². The molecule has 1 aliphatic carbocycles. The van der Waals surface area contributed by atoms with Gasteiger partial charge < -0.3 is 10.2 Å². The highest BCUT2D eigenvalue weighted by molar-refractivity contribution is 7.89. The molecule has 0 aliphatic heterocycles. The van der Waals surface area contributed by atoms with E-state index in [4.69, 9.17) is 0 Å². The van der Waals surface area contributed by atoms with Crippen LogP contribution in [0.5, 0.6) is 0 Å². The lowest BCUT2D eigenvalue weighted by atomic mass is 10.1. The van der Waals surface area contributed by atoms with Gasteiger partial charge >= 0.3 is 0 Å². The summed E-state index contributed by atoms with van der Waals surface area (Å²) < 4.78 is 27.5. The summed E-state index contributed by atoms with van der Waals surface area (Å²) in [6.45, 7) is 3.05. The van der Waals surface area contributed by atoms with Gasteiger partial charge in [-0.15, -0.1) is 0 Å². The van der Waals surface area contributed by atoms with Gasteiger partial charge in [0.05, 0.1) is 4.90 Å². The number of nitrogens with one attached hydrogen (secondary N) is 2. The van der Waals surface area contributed by atoms with E-state index in [1.807, 2.05) is 38.4 Å². The lowest BCUT2D eigenvalue weighted by Crippen LogP contribution is -2.27. The Bertz CT molecular complexity index is 949. The molecule has 3 rings (SSSR count). The van der Waals surface area contributed by atoms with E-state index in [1.54, 1.807) is 19.1 Å². The number of aryl methyl sites for hydroxylation is 1. The van der Waals surface area contributed by atoms with Gasteiger partial charge in [-0.3, -0.25) is 4.79 Å². The molecule has 150 valence electrons. The van der Waals surface area contributed by atoms with Crippen molar-refractivity contribution in [2.24, 2.45) is 0 Å². The fraction of sp³-hybridized carbons (Fsp3) is 0.381. The van der Waals surface area contributed by atoms with Crippen LogP contribution in [-0.2, 0) is 23.1 Å². The van der Waals surface area contributed by atoms with Gasteiger partial charge in [-0.1, -0.05) is 30.3 Å². The van der Waals surface area contributed by atoms with E-state index >= 15 is 0 Å². The van der Waals surface area contributed by atoms with Crippen LogP contribution in [0.15, 0.2) is 47.4 Å². The van der Waals surface area contributed by atoms with E-state index < -0.39 is 10.0 Å². The molecule has 1 amide bonds. The van der Waals surface area contributed by atoms with Crippen molar-refractivity contribution in [1.82, 2.24) is 14.9 Å². The Morgan fingerprint density at radius 1 is 1.07 bits per heavy atom. The summed E-state index contributed by atoms with van der Waals surface area (Å²) in [6.07, 6.45) is 1.73. The number of benzene rings is 2. The molecule has 0 radical (unpaired) electrons. The number of rotatable bonds is 8. The lowest BCUT2D eigenvalue weighted by Gasteiger charge is -2.12. The lowest BCUT2D eigenvalue weighted by molar-refractivity contribution is 0.0950. The van der Waals surface area contributed by atoms with Crippen LogP contribution in [0.3, 0.4) is 0 Å². The first-order chi connectivity index (χ1) is 13.2. The molecule has 1 aliphatic rings. The minimum Gasteiger partial charge on any atom is -0.348 e. The van der Waals surface area contributed by atoms with E-state index in [0.29, 0.717) is 12.1 Å².